The molecule has 1 atom stereocenters. The Balaban J connectivity index is 1.84. The average molecular weight is 257 g/mol. The largest absolute Gasteiger partial charge is 0.340 e. The van der Waals surface area contributed by atoms with Gasteiger partial charge in [-0.15, -0.1) is 10.2 Å². The SMILES string of the molecule is CC(NC(=O)c1ncn[nH]1)c1nnc2ccccn12. The highest BCUT2D eigenvalue weighted by Crippen LogP contribution is 2.11. The maximum Gasteiger partial charge on any atom is 0.289 e. The third-order valence-corrected chi connectivity index (χ3v) is 2.71. The van der Waals surface area contributed by atoms with Crippen molar-refractivity contribution in [1.29, 1.82) is 0 Å². The first-order chi connectivity index (χ1) is 9.25. The molecule has 8 nitrogen and oxygen atoms in total. The summed E-state index contributed by atoms with van der Waals surface area (Å²) in [6, 6.07) is 5.31. The molecule has 0 bridgehead atoms. The molecular formula is C11H11N7O. The van der Waals surface area contributed by atoms with Gasteiger partial charge in [0.1, 0.15) is 6.33 Å². The van der Waals surface area contributed by atoms with Crippen LogP contribution >= 0.6 is 0 Å². The Kier molecular flexibility index (Phi) is 2.67. The smallest absolute Gasteiger partial charge is 0.289 e. The van der Waals surface area contributed by atoms with Gasteiger partial charge in [0, 0.05) is 6.20 Å². The maximum atomic E-state index is 11.8. The Hall–Kier alpha value is -2.77. The van der Waals surface area contributed by atoms with Gasteiger partial charge in [-0.3, -0.25) is 14.3 Å². The molecular weight excluding hydrogens is 246 g/mol. The van der Waals surface area contributed by atoms with Crippen molar-refractivity contribution in [3.05, 3.63) is 42.4 Å². The van der Waals surface area contributed by atoms with E-state index in [-0.39, 0.29) is 17.8 Å². The van der Waals surface area contributed by atoms with Crippen LogP contribution in [0.15, 0.2) is 30.7 Å². The highest BCUT2D eigenvalue weighted by atomic mass is 16.2. The van der Waals surface area contributed by atoms with Crippen molar-refractivity contribution in [2.45, 2.75) is 13.0 Å². The lowest BCUT2D eigenvalue weighted by Gasteiger charge is -2.10. The van der Waals surface area contributed by atoms with Crippen molar-refractivity contribution in [2.24, 2.45) is 0 Å². The van der Waals surface area contributed by atoms with Crippen LogP contribution in [0.25, 0.3) is 5.65 Å². The molecule has 0 fully saturated rings. The topological polar surface area (TPSA) is 101 Å². The second-order valence-electron chi connectivity index (χ2n) is 4.02. The number of fused-ring (bicyclic) bond motifs is 1. The Bertz CT molecular complexity index is 703. The lowest BCUT2D eigenvalue weighted by Crippen LogP contribution is -2.28. The summed E-state index contributed by atoms with van der Waals surface area (Å²) in [6.07, 6.45) is 3.13. The van der Waals surface area contributed by atoms with Gasteiger partial charge in [0.05, 0.1) is 6.04 Å². The Morgan fingerprint density at radius 2 is 2.32 bits per heavy atom. The van der Waals surface area contributed by atoms with Crippen LogP contribution in [0.3, 0.4) is 0 Å². The number of hydrogen-bond donors (Lipinski definition) is 2. The number of carbonyl (C=O) groups is 1. The molecule has 3 heterocycles. The zero-order chi connectivity index (χ0) is 13.2. The Labute approximate surface area is 107 Å². The van der Waals surface area contributed by atoms with Crippen molar-refractivity contribution in [3.63, 3.8) is 0 Å². The molecule has 8 heteroatoms. The third-order valence-electron chi connectivity index (χ3n) is 2.71. The predicted molar refractivity (Wildman–Crippen MR) is 65.3 cm³/mol. The van der Waals surface area contributed by atoms with Crippen molar-refractivity contribution in [3.8, 4) is 0 Å². The van der Waals surface area contributed by atoms with Crippen LogP contribution in [-0.2, 0) is 0 Å². The van der Waals surface area contributed by atoms with E-state index in [4.69, 9.17) is 0 Å². The van der Waals surface area contributed by atoms with Gasteiger partial charge in [-0.05, 0) is 19.1 Å². The first-order valence-corrected chi connectivity index (χ1v) is 5.71. The van der Waals surface area contributed by atoms with E-state index in [0.717, 1.165) is 5.65 Å². The van der Waals surface area contributed by atoms with Gasteiger partial charge in [0.25, 0.3) is 5.91 Å². The van der Waals surface area contributed by atoms with Gasteiger partial charge in [-0.25, -0.2) is 4.98 Å². The number of aromatic nitrogens is 6. The molecule has 0 aliphatic rings. The summed E-state index contributed by atoms with van der Waals surface area (Å²) in [5, 5.41) is 17.0. The summed E-state index contributed by atoms with van der Waals surface area (Å²) < 4.78 is 1.82. The fourth-order valence-electron chi connectivity index (χ4n) is 1.80. The molecule has 3 aromatic rings. The summed E-state index contributed by atoms with van der Waals surface area (Å²) in [5.74, 6) is 0.488. The highest BCUT2D eigenvalue weighted by molar-refractivity contribution is 5.90. The van der Waals surface area contributed by atoms with E-state index in [0.29, 0.717) is 5.82 Å². The van der Waals surface area contributed by atoms with E-state index in [1.807, 2.05) is 35.7 Å². The van der Waals surface area contributed by atoms with Crippen LogP contribution in [0, 0.1) is 0 Å². The standard InChI is InChI=1S/C11H11N7O/c1-7(14-11(19)9-12-6-13-16-9)10-17-15-8-4-2-3-5-18(8)10/h2-7H,1H3,(H,14,19)(H,12,13,16). The number of nitrogens with zero attached hydrogens (tertiary/aromatic N) is 5. The van der Waals surface area contributed by atoms with E-state index in [1.54, 1.807) is 0 Å². The lowest BCUT2D eigenvalue weighted by atomic mass is 10.3. The fraction of sp³-hybridized carbons (Fsp3) is 0.182. The van der Waals surface area contributed by atoms with Gasteiger partial charge in [0.2, 0.25) is 5.82 Å². The minimum atomic E-state index is -0.335. The summed E-state index contributed by atoms with van der Waals surface area (Å²) >= 11 is 0. The second-order valence-corrected chi connectivity index (χ2v) is 4.02. The zero-order valence-electron chi connectivity index (χ0n) is 10.1. The number of nitrogens with one attached hydrogen (secondary N) is 2. The molecule has 1 amide bonds. The molecule has 0 saturated heterocycles. The first kappa shape index (κ1) is 11.3. The van der Waals surface area contributed by atoms with Crippen LogP contribution < -0.4 is 5.32 Å². The monoisotopic (exact) mass is 257 g/mol. The molecule has 3 aromatic heterocycles. The van der Waals surface area contributed by atoms with E-state index >= 15 is 0 Å². The van der Waals surface area contributed by atoms with Gasteiger partial charge >= 0.3 is 0 Å². The van der Waals surface area contributed by atoms with E-state index < -0.39 is 0 Å². The minimum Gasteiger partial charge on any atom is -0.340 e. The number of rotatable bonds is 3. The normalized spacial score (nSPS) is 12.5. The van der Waals surface area contributed by atoms with Crippen LogP contribution in [0.5, 0.6) is 0 Å². The Morgan fingerprint density at radius 3 is 3.11 bits per heavy atom. The van der Waals surface area contributed by atoms with Crippen molar-refractivity contribution in [1.82, 2.24) is 35.1 Å². The minimum absolute atomic E-state index is 0.167. The third kappa shape index (κ3) is 2.03. The highest BCUT2D eigenvalue weighted by Gasteiger charge is 2.17. The molecule has 0 aliphatic heterocycles. The molecule has 3 rings (SSSR count). The van der Waals surface area contributed by atoms with Gasteiger partial charge < -0.3 is 5.32 Å². The number of carbonyl (C=O) groups excluding carboxylic acids is 1. The number of pyridine rings is 1. The lowest BCUT2D eigenvalue weighted by molar-refractivity contribution is 0.0928. The second kappa shape index (κ2) is 4.48. The summed E-state index contributed by atoms with van der Waals surface area (Å²) in [7, 11) is 0. The van der Waals surface area contributed by atoms with Crippen molar-refractivity contribution in [2.75, 3.05) is 0 Å². The summed E-state index contributed by atoms with van der Waals surface area (Å²) in [6.45, 7) is 1.83. The van der Waals surface area contributed by atoms with Gasteiger partial charge in [-0.1, -0.05) is 6.07 Å². The quantitative estimate of drug-likeness (QED) is 0.704. The van der Waals surface area contributed by atoms with E-state index in [9.17, 15) is 4.79 Å². The molecule has 0 aromatic carbocycles. The first-order valence-electron chi connectivity index (χ1n) is 5.71. The predicted octanol–water partition coefficient (Wildman–Crippen LogP) is 0.338. The van der Waals surface area contributed by atoms with Crippen molar-refractivity contribution >= 4 is 11.6 Å². The van der Waals surface area contributed by atoms with Crippen LogP contribution in [0.2, 0.25) is 0 Å². The molecule has 2 N–H and O–H groups in total. The fourth-order valence-corrected chi connectivity index (χ4v) is 1.80. The maximum absolute atomic E-state index is 11.8. The van der Waals surface area contributed by atoms with Gasteiger partial charge in [-0.2, -0.15) is 5.10 Å². The zero-order valence-corrected chi connectivity index (χ0v) is 10.1. The van der Waals surface area contributed by atoms with E-state index in [2.05, 4.69) is 30.7 Å². The number of hydrogen-bond acceptors (Lipinski definition) is 5. The summed E-state index contributed by atoms with van der Waals surface area (Å²) in [5.41, 5.74) is 0.735. The molecule has 0 aliphatic carbocycles. The molecule has 96 valence electrons. The number of H-pyrrole nitrogens is 1. The molecule has 0 radical (unpaired) electrons. The van der Waals surface area contributed by atoms with Crippen molar-refractivity contribution < 1.29 is 4.79 Å². The molecule has 1 unspecified atom stereocenters. The molecule has 19 heavy (non-hydrogen) atoms. The number of amides is 1. The average Bonchev–Trinajstić information content (AvgIpc) is 3.08. The van der Waals surface area contributed by atoms with E-state index in [1.165, 1.54) is 6.33 Å². The number of aromatic amines is 1. The molecule has 0 spiro atoms. The van der Waals surface area contributed by atoms with Gasteiger partial charge in [0.15, 0.2) is 11.5 Å². The molecule has 0 saturated carbocycles. The van der Waals surface area contributed by atoms with Crippen LogP contribution in [0.4, 0.5) is 0 Å². The summed E-state index contributed by atoms with van der Waals surface area (Å²) in [4.78, 5) is 15.6. The van der Waals surface area contributed by atoms with Crippen LogP contribution in [-0.4, -0.2) is 35.7 Å². The van der Waals surface area contributed by atoms with Crippen LogP contribution in [0.1, 0.15) is 29.4 Å². The Morgan fingerprint density at radius 1 is 1.42 bits per heavy atom.